The van der Waals surface area contributed by atoms with Gasteiger partial charge in [0.15, 0.2) is 11.6 Å². The number of nitrogens with zero attached hydrogens (tertiary/aromatic N) is 4. The zero-order valence-electron chi connectivity index (χ0n) is 11.1. The van der Waals surface area contributed by atoms with Crippen LogP contribution in [-0.2, 0) is 0 Å². The minimum Gasteiger partial charge on any atom is -0.418 e. The van der Waals surface area contributed by atoms with Gasteiger partial charge >= 0.3 is 6.01 Å². The van der Waals surface area contributed by atoms with E-state index >= 15 is 0 Å². The third-order valence-electron chi connectivity index (χ3n) is 2.72. The topological polar surface area (TPSA) is 86.8 Å². The maximum Gasteiger partial charge on any atom is 0.322 e. The van der Waals surface area contributed by atoms with Crippen molar-refractivity contribution in [3.63, 3.8) is 0 Å². The highest BCUT2D eigenvalue weighted by Crippen LogP contribution is 2.25. The first-order chi connectivity index (χ1) is 10.6. The number of rotatable bonds is 3. The minimum atomic E-state index is -0.836. The minimum absolute atomic E-state index is 0.184. The Labute approximate surface area is 123 Å². The molecule has 22 heavy (non-hydrogen) atoms. The van der Waals surface area contributed by atoms with Crippen LogP contribution in [0.15, 0.2) is 42.7 Å². The molecular weight excluding hydrogens is 292 g/mol. The summed E-state index contributed by atoms with van der Waals surface area (Å²) in [5.41, 5.74) is 6.52. The van der Waals surface area contributed by atoms with Crippen molar-refractivity contribution < 1.29 is 13.5 Å². The van der Waals surface area contributed by atoms with E-state index in [2.05, 4.69) is 20.2 Å². The Balaban J connectivity index is 1.84. The monoisotopic (exact) mass is 301 g/mol. The standard InChI is InChI=1S/C14H9F2N5O/c15-9-2-1-3-10(16)13(9)22-14-18-6-8(7-19-14)11-4-5-12(17)21-20-11/h1-7H,(H2,17,21). The molecule has 110 valence electrons. The molecule has 0 atom stereocenters. The van der Waals surface area contributed by atoms with Crippen LogP contribution in [-0.4, -0.2) is 20.2 Å². The molecule has 0 saturated heterocycles. The van der Waals surface area contributed by atoms with E-state index in [1.54, 1.807) is 12.1 Å². The van der Waals surface area contributed by atoms with E-state index in [9.17, 15) is 8.78 Å². The molecule has 0 aliphatic carbocycles. The average Bonchev–Trinajstić information content (AvgIpc) is 2.53. The largest absolute Gasteiger partial charge is 0.418 e. The molecule has 0 fully saturated rings. The van der Waals surface area contributed by atoms with E-state index in [0.29, 0.717) is 17.1 Å². The SMILES string of the molecule is Nc1ccc(-c2cnc(Oc3c(F)cccc3F)nc2)nn1. The zero-order valence-corrected chi connectivity index (χ0v) is 11.1. The van der Waals surface area contributed by atoms with Crippen molar-refractivity contribution in [1.82, 2.24) is 20.2 Å². The molecule has 0 aliphatic heterocycles. The maximum atomic E-state index is 13.5. The second kappa shape index (κ2) is 5.68. The second-order valence-electron chi connectivity index (χ2n) is 4.25. The molecule has 3 aromatic rings. The highest BCUT2D eigenvalue weighted by atomic mass is 19.1. The van der Waals surface area contributed by atoms with Crippen LogP contribution >= 0.6 is 0 Å². The number of halogens is 2. The summed E-state index contributed by atoms with van der Waals surface area (Å²) in [5, 5.41) is 7.59. The van der Waals surface area contributed by atoms with Crippen molar-refractivity contribution in [3.8, 4) is 23.0 Å². The van der Waals surface area contributed by atoms with Crippen LogP contribution in [0, 0.1) is 11.6 Å². The van der Waals surface area contributed by atoms with Crippen molar-refractivity contribution in [3.05, 3.63) is 54.4 Å². The van der Waals surface area contributed by atoms with Gasteiger partial charge in [0.25, 0.3) is 0 Å². The number of hydrogen-bond donors (Lipinski definition) is 1. The van der Waals surface area contributed by atoms with Crippen LogP contribution in [0.1, 0.15) is 0 Å². The van der Waals surface area contributed by atoms with Crippen molar-refractivity contribution in [2.24, 2.45) is 0 Å². The third kappa shape index (κ3) is 2.80. The molecule has 2 heterocycles. The number of hydrogen-bond acceptors (Lipinski definition) is 6. The van der Waals surface area contributed by atoms with Crippen LogP contribution in [0.3, 0.4) is 0 Å². The summed E-state index contributed by atoms with van der Waals surface area (Å²) < 4.78 is 32.0. The second-order valence-corrected chi connectivity index (χ2v) is 4.25. The van der Waals surface area contributed by atoms with Crippen LogP contribution in [0.25, 0.3) is 11.3 Å². The fourth-order valence-electron chi connectivity index (χ4n) is 1.67. The lowest BCUT2D eigenvalue weighted by atomic mass is 10.2. The van der Waals surface area contributed by atoms with Gasteiger partial charge in [0.05, 0.1) is 5.69 Å². The van der Waals surface area contributed by atoms with Crippen LogP contribution < -0.4 is 10.5 Å². The highest BCUT2D eigenvalue weighted by Gasteiger charge is 2.12. The van der Waals surface area contributed by atoms with Gasteiger partial charge in [0, 0.05) is 18.0 Å². The molecule has 0 spiro atoms. The Morgan fingerprint density at radius 3 is 2.18 bits per heavy atom. The van der Waals surface area contributed by atoms with Crippen LogP contribution in [0.4, 0.5) is 14.6 Å². The number of para-hydroxylation sites is 1. The number of nitrogens with two attached hydrogens (primary N) is 1. The molecule has 3 rings (SSSR count). The van der Waals surface area contributed by atoms with E-state index in [-0.39, 0.29) is 6.01 Å². The van der Waals surface area contributed by atoms with Crippen LogP contribution in [0.2, 0.25) is 0 Å². The Hall–Kier alpha value is -3.16. The van der Waals surface area contributed by atoms with Gasteiger partial charge in [-0.2, -0.15) is 0 Å². The maximum absolute atomic E-state index is 13.5. The Morgan fingerprint density at radius 1 is 0.909 bits per heavy atom. The number of nitrogen functional groups attached to an aromatic ring is 1. The first-order valence-electron chi connectivity index (χ1n) is 6.17. The Bertz CT molecular complexity index is 773. The van der Waals surface area contributed by atoms with Gasteiger partial charge in [-0.3, -0.25) is 0 Å². The van der Waals surface area contributed by atoms with Gasteiger partial charge in [-0.25, -0.2) is 18.7 Å². The lowest BCUT2D eigenvalue weighted by molar-refractivity contribution is 0.382. The summed E-state index contributed by atoms with van der Waals surface area (Å²) in [6.07, 6.45) is 2.81. The quantitative estimate of drug-likeness (QED) is 0.800. The van der Waals surface area contributed by atoms with E-state index in [4.69, 9.17) is 10.5 Å². The summed E-state index contributed by atoms with van der Waals surface area (Å²) in [7, 11) is 0. The van der Waals surface area contributed by atoms with Crippen molar-refractivity contribution in [1.29, 1.82) is 0 Å². The van der Waals surface area contributed by atoms with E-state index < -0.39 is 17.4 Å². The molecule has 0 bridgehead atoms. The first-order valence-corrected chi connectivity index (χ1v) is 6.17. The van der Waals surface area contributed by atoms with Gasteiger partial charge in [-0.15, -0.1) is 10.2 Å². The number of anilines is 1. The predicted molar refractivity (Wildman–Crippen MR) is 73.9 cm³/mol. The zero-order chi connectivity index (χ0) is 15.5. The number of aromatic nitrogens is 4. The lowest BCUT2D eigenvalue weighted by Gasteiger charge is -2.06. The smallest absolute Gasteiger partial charge is 0.322 e. The summed E-state index contributed by atoms with van der Waals surface area (Å²) in [4.78, 5) is 7.78. The molecule has 6 nitrogen and oxygen atoms in total. The number of ether oxygens (including phenoxy) is 1. The molecule has 0 amide bonds. The number of benzene rings is 1. The fourth-order valence-corrected chi connectivity index (χ4v) is 1.67. The third-order valence-corrected chi connectivity index (χ3v) is 2.72. The van der Waals surface area contributed by atoms with Crippen LogP contribution in [0.5, 0.6) is 11.8 Å². The molecule has 2 aromatic heterocycles. The predicted octanol–water partition coefficient (Wildman–Crippen LogP) is 2.59. The molecule has 0 aliphatic rings. The summed E-state index contributed by atoms with van der Waals surface area (Å²) in [5.74, 6) is -1.93. The van der Waals surface area contributed by atoms with E-state index in [1.807, 2.05) is 0 Å². The van der Waals surface area contributed by atoms with Gasteiger partial charge in [-0.1, -0.05) is 6.07 Å². The molecule has 0 unspecified atom stereocenters. The van der Waals surface area contributed by atoms with Gasteiger partial charge in [0.1, 0.15) is 5.82 Å². The molecule has 0 radical (unpaired) electrons. The van der Waals surface area contributed by atoms with Crippen molar-refractivity contribution in [2.75, 3.05) is 5.73 Å². The molecular formula is C14H9F2N5O. The Kier molecular flexibility index (Phi) is 3.57. The molecule has 2 N–H and O–H groups in total. The highest BCUT2D eigenvalue weighted by molar-refractivity contribution is 5.57. The van der Waals surface area contributed by atoms with Crippen molar-refractivity contribution in [2.45, 2.75) is 0 Å². The van der Waals surface area contributed by atoms with Gasteiger partial charge < -0.3 is 10.5 Å². The summed E-state index contributed by atoms with van der Waals surface area (Å²) in [6, 6.07) is 6.45. The fraction of sp³-hybridized carbons (Fsp3) is 0. The average molecular weight is 301 g/mol. The van der Waals surface area contributed by atoms with E-state index in [1.165, 1.54) is 18.5 Å². The Morgan fingerprint density at radius 2 is 1.59 bits per heavy atom. The van der Waals surface area contributed by atoms with Gasteiger partial charge in [-0.05, 0) is 24.3 Å². The normalized spacial score (nSPS) is 10.5. The summed E-state index contributed by atoms with van der Waals surface area (Å²) >= 11 is 0. The lowest BCUT2D eigenvalue weighted by Crippen LogP contribution is -1.98. The first kappa shape index (κ1) is 13.8. The van der Waals surface area contributed by atoms with Gasteiger partial charge in [0.2, 0.25) is 5.75 Å². The molecule has 0 saturated carbocycles. The van der Waals surface area contributed by atoms with E-state index in [0.717, 1.165) is 12.1 Å². The summed E-state index contributed by atoms with van der Waals surface area (Å²) in [6.45, 7) is 0. The molecule has 8 heteroatoms. The van der Waals surface area contributed by atoms with Crippen molar-refractivity contribution >= 4 is 5.82 Å². The molecule has 1 aromatic carbocycles.